The van der Waals surface area contributed by atoms with E-state index in [9.17, 15) is 86.3 Å². The third-order valence-corrected chi connectivity index (χ3v) is 31.9. The number of ketones is 3. The molecule has 3 saturated heterocycles. The highest BCUT2D eigenvalue weighted by atomic mass is 16.6. The molecule has 3 unspecified atom stereocenters. The number of piperidine rings is 3. The maximum absolute atomic E-state index is 14.5. The monoisotopic (exact) mass is 1980 g/mol. The minimum absolute atomic E-state index is 0.0528. The van der Waals surface area contributed by atoms with E-state index < -0.39 is 201 Å². The Balaban J connectivity index is 0.000000203. The molecular weight excluding hydrogens is 1820 g/mol. The second-order valence-corrected chi connectivity index (χ2v) is 48.4. The predicted octanol–water partition coefficient (Wildman–Crippen LogP) is 8.88. The minimum atomic E-state index is -1.11. The van der Waals surface area contributed by atoms with Crippen LogP contribution in [0.4, 0.5) is 14.4 Å². The fourth-order valence-corrected chi connectivity index (χ4v) is 22.5. The molecule has 15 amide bonds. The van der Waals surface area contributed by atoms with Gasteiger partial charge in [-0.1, -0.05) is 255 Å². The zero-order valence-corrected chi connectivity index (χ0v) is 87.1. The van der Waals surface area contributed by atoms with E-state index in [2.05, 4.69) is 61.7 Å². The van der Waals surface area contributed by atoms with Crippen molar-refractivity contribution in [2.24, 2.45) is 121 Å². The summed E-state index contributed by atoms with van der Waals surface area (Å²) in [5, 5.41) is 25.2. The van der Waals surface area contributed by atoms with Crippen LogP contribution in [0.25, 0.3) is 0 Å². The summed E-state index contributed by atoms with van der Waals surface area (Å²) < 4.78 is 16.9. The molecule has 13 rings (SSSR count). The number of primary amides is 3. The van der Waals surface area contributed by atoms with Crippen LogP contribution in [-0.2, 0) is 92.7 Å². The average molecular weight is 1980 g/mol. The van der Waals surface area contributed by atoms with Gasteiger partial charge < -0.3 is 94.0 Å². The Morgan fingerprint density at radius 3 is 1.06 bits per heavy atom. The molecule has 2 aromatic carbocycles. The maximum Gasteiger partial charge on any atom is 0.329 e. The summed E-state index contributed by atoms with van der Waals surface area (Å²) in [5.74, 6) is -10.3. The normalized spacial score (nSPS) is 24.9. The third kappa shape index (κ3) is 27.3. The molecule has 11 aliphatic rings. The molecule has 11 fully saturated rings. The Morgan fingerprint density at radius 1 is 0.380 bits per heavy atom. The first-order valence-corrected chi connectivity index (χ1v) is 51.4. The molecule has 3 aliphatic heterocycles. The lowest BCUT2D eigenvalue weighted by molar-refractivity contribution is -0.160. The van der Waals surface area contributed by atoms with Crippen molar-refractivity contribution >= 4 is 107 Å². The molecular formula is C106H159N15O21. The molecule has 0 aromatic heterocycles. The number of rotatable bonds is 37. The van der Waals surface area contributed by atoms with Crippen molar-refractivity contribution < 1.29 is 101 Å². The van der Waals surface area contributed by atoms with Crippen LogP contribution in [0.1, 0.15) is 285 Å². The molecule has 0 bridgehead atoms. The highest BCUT2D eigenvalue weighted by Gasteiger charge is 2.73. The van der Waals surface area contributed by atoms with Crippen molar-refractivity contribution in [3.63, 3.8) is 0 Å². The van der Waals surface area contributed by atoms with Crippen LogP contribution < -0.4 is 65.1 Å². The number of carbonyl (C=O) groups excluding carboxylic acids is 18. The molecule has 8 aliphatic carbocycles. The summed E-state index contributed by atoms with van der Waals surface area (Å²) >= 11 is 0. The molecule has 19 atom stereocenters. The number of fused-ring (bicyclic) bond motifs is 3. The molecule has 784 valence electrons. The highest BCUT2D eigenvalue weighted by molar-refractivity contribution is 6.39. The number of nitrogens with two attached hydrogens (primary N) is 3. The van der Waals surface area contributed by atoms with Crippen LogP contribution in [0.15, 0.2) is 60.7 Å². The fourth-order valence-electron chi connectivity index (χ4n) is 22.5. The first kappa shape index (κ1) is 111. The number of urea groups is 3. The Morgan fingerprint density at radius 2 is 0.718 bits per heavy atom. The highest BCUT2D eigenvalue weighted by Crippen LogP contribution is 2.67. The number of Topliss-reactive ketones (excluding diaryl/α,β-unsaturated/α-hetero) is 3. The average Bonchev–Trinajstić information content (AvgIpc) is 1.53. The number of likely N-dealkylation sites (tertiary alicyclic amines) is 3. The Hall–Kier alpha value is -11.1. The number of hydrogen-bond donors (Lipinski definition) is 12. The van der Waals surface area contributed by atoms with E-state index in [4.69, 9.17) is 31.4 Å². The second-order valence-electron chi connectivity index (χ2n) is 48.4. The van der Waals surface area contributed by atoms with Gasteiger partial charge >= 0.3 is 36.0 Å². The van der Waals surface area contributed by atoms with Crippen molar-refractivity contribution in [1.82, 2.24) is 62.6 Å². The van der Waals surface area contributed by atoms with Crippen LogP contribution >= 0.6 is 0 Å². The van der Waals surface area contributed by atoms with Gasteiger partial charge in [-0.05, 0) is 187 Å². The van der Waals surface area contributed by atoms with Gasteiger partial charge in [-0.25, -0.2) is 28.8 Å². The second kappa shape index (κ2) is 44.6. The fraction of sp³-hybridized carbons (Fsp3) is 0.717. The van der Waals surface area contributed by atoms with Crippen LogP contribution in [0, 0.1) is 104 Å². The Kier molecular flexibility index (Phi) is 35.0. The maximum atomic E-state index is 14.5. The Bertz CT molecular complexity index is 5010. The quantitative estimate of drug-likeness (QED) is 0.0171. The predicted molar refractivity (Wildman–Crippen MR) is 526 cm³/mol. The van der Waals surface area contributed by atoms with E-state index in [1.807, 2.05) is 130 Å². The lowest BCUT2D eigenvalue weighted by atomic mass is 9.80. The van der Waals surface area contributed by atoms with E-state index in [0.717, 1.165) is 114 Å². The smallest absolute Gasteiger partial charge is 0.329 e. The number of benzene rings is 2. The lowest BCUT2D eigenvalue weighted by Crippen LogP contribution is -2.62. The van der Waals surface area contributed by atoms with Crippen molar-refractivity contribution in [3.05, 3.63) is 71.8 Å². The SMILES string of the molecule is CC(C)(C)OC(=O)[C@H](NC(=O)N[C@H](C(=O)N1C[C@H]2[C@@H]([C@H]1C(=O)NC(CC1CCC1)C(=O)C(N)=O)C2(C)C)C1CCCCC1)C(C)(C)C.CC(C)(C)[C@H](NC(=O)N[C@H](C(=O)OCc1ccccc1)C1CCCC1)C(=O)N1C[C@H]2[C@@H]([C@H]1C(=O)NC(CC1CC1)C(=O)C(N)=O)C2(C)C.CC(C)[C@H](NC(=O)N[C@H](C(=O)N1C[C@H]2[C@@H]([C@H]1C(=O)NC(CC1CC1)C(=O)C(N)=O)C2(C)C)C(C)(C)C)C(=O)O[C@H](C)c1ccccc1. The van der Waals surface area contributed by atoms with E-state index in [-0.39, 0.29) is 99.8 Å². The van der Waals surface area contributed by atoms with E-state index in [1.54, 1.807) is 67.2 Å². The summed E-state index contributed by atoms with van der Waals surface area (Å²) in [4.78, 5) is 243. The number of nitrogens with zero attached hydrogens (tertiary/aromatic N) is 3. The van der Waals surface area contributed by atoms with Gasteiger partial charge in [0.25, 0.3) is 17.7 Å². The van der Waals surface area contributed by atoms with Gasteiger partial charge in [-0.3, -0.25) is 57.5 Å². The number of ether oxygens (including phenoxy) is 3. The van der Waals surface area contributed by atoms with Gasteiger partial charge in [0, 0.05) is 19.6 Å². The first-order chi connectivity index (χ1) is 66.1. The minimum Gasteiger partial charge on any atom is -0.459 e. The van der Waals surface area contributed by atoms with Gasteiger partial charge in [0.2, 0.25) is 52.8 Å². The summed E-state index contributed by atoms with van der Waals surface area (Å²) in [6.45, 7) is 40.3. The summed E-state index contributed by atoms with van der Waals surface area (Å²) in [6, 6.07) is 4.93. The van der Waals surface area contributed by atoms with Crippen LogP contribution in [-0.4, -0.2) is 219 Å². The topological polar surface area (TPSA) is 531 Å². The van der Waals surface area contributed by atoms with E-state index in [0.29, 0.717) is 38.9 Å². The number of hydrogen-bond acceptors (Lipinski definition) is 21. The molecule has 15 N–H and O–H groups in total. The van der Waals surface area contributed by atoms with Crippen LogP contribution in [0.2, 0.25) is 0 Å². The molecule has 0 radical (unpaired) electrons. The van der Waals surface area contributed by atoms with Crippen molar-refractivity contribution in [2.75, 3.05) is 19.6 Å². The summed E-state index contributed by atoms with van der Waals surface area (Å²) in [6.07, 6.45) is 14.8. The van der Waals surface area contributed by atoms with E-state index >= 15 is 0 Å². The van der Waals surface area contributed by atoms with Crippen molar-refractivity contribution in [2.45, 2.75) is 358 Å². The van der Waals surface area contributed by atoms with Crippen molar-refractivity contribution in [3.8, 4) is 0 Å². The molecule has 3 heterocycles. The standard InChI is InChI=1S/C36H51N5O7.C35H57N5O7.C35H51N5O7/c1-35(2,3)29(40-34(47)39-26(22-13-9-10-14-22)33(46)48-19-21-11-7-6-8-12-21)32(45)41-18-23-25(36(23,4)5)27(41)31(44)38-24(17-20-15-16-20)28(42)30(37)43;1-33(2,3)27(31(45)47-34(4,5)6)39-32(46)38-24(20-15-10-9-11-16-20)30(44)40-18-21-23(35(21,7)8)25(40)29(43)37-22(26(41)28(36)42)17-19-13-12-14-19;1-18(2)25(32(45)47-19(3)21-12-10-9-11-13-21)38-33(46)39-28(34(4,5)6)31(44)40-17-22-24(35(22,7)8)26(40)30(43)37-23(16-20-14-15-20)27(41)29(36)42/h6-8,11-12,20,22-27,29H,9-10,13-19H2,1-5H3,(H2,37,43)(H,38,44)(H2,39,40,47);19-25,27H,9-18H2,1-8H3,(H2,36,42)(H,37,43)(H2,38,39,46);9-13,18-20,22-26,28H,14-17H2,1-8H3,(H2,36,42)(H,37,43)(H2,38,39,46)/t23-,24?,25-,26-,27-,29+;21-,22?,23-,24-,25-,27-;19-,22+,23?,24+,25+,26+,28-/m001/s1. The number of amides is 15. The zero-order chi connectivity index (χ0) is 105. The molecule has 36 heteroatoms. The van der Waals surface area contributed by atoms with Gasteiger partial charge in [0.05, 0.1) is 18.1 Å². The zero-order valence-electron chi connectivity index (χ0n) is 87.1. The van der Waals surface area contributed by atoms with Crippen LogP contribution in [0.3, 0.4) is 0 Å². The summed E-state index contributed by atoms with van der Waals surface area (Å²) in [5.41, 5.74) is 14.1. The molecule has 2 aromatic rings. The van der Waals surface area contributed by atoms with E-state index in [1.165, 1.54) is 9.80 Å². The molecule has 36 nitrogen and oxygen atoms in total. The molecule has 8 saturated carbocycles. The number of nitrogens with one attached hydrogen (secondary N) is 9. The van der Waals surface area contributed by atoms with Gasteiger partial charge in [-0.2, -0.15) is 0 Å². The van der Waals surface area contributed by atoms with Gasteiger partial charge in [-0.15, -0.1) is 0 Å². The van der Waals surface area contributed by atoms with Gasteiger partial charge in [0.15, 0.2) is 0 Å². The molecule has 0 spiro atoms. The number of carbonyl (C=O) groups is 18. The lowest BCUT2D eigenvalue weighted by Gasteiger charge is -2.38. The van der Waals surface area contributed by atoms with Crippen LogP contribution in [0.5, 0.6) is 0 Å². The Labute approximate surface area is 835 Å². The largest absolute Gasteiger partial charge is 0.459 e. The summed E-state index contributed by atoms with van der Waals surface area (Å²) in [7, 11) is 0. The van der Waals surface area contributed by atoms with Crippen molar-refractivity contribution in [1.29, 1.82) is 0 Å². The number of esters is 3. The molecule has 142 heavy (non-hydrogen) atoms. The third-order valence-electron chi connectivity index (χ3n) is 31.9. The first-order valence-electron chi connectivity index (χ1n) is 51.4. The van der Waals surface area contributed by atoms with Gasteiger partial charge in [0.1, 0.15) is 72.7 Å².